The molecule has 7 nitrogen and oxygen atoms in total. The van der Waals surface area contributed by atoms with Crippen LogP contribution in [0.1, 0.15) is 17.3 Å². The summed E-state index contributed by atoms with van der Waals surface area (Å²) in [5.74, 6) is -0.736. The third-order valence-electron chi connectivity index (χ3n) is 2.39. The van der Waals surface area contributed by atoms with E-state index in [2.05, 4.69) is 10.1 Å². The number of hydrogen-bond acceptors (Lipinski definition) is 6. The van der Waals surface area contributed by atoms with Crippen molar-refractivity contribution in [3.63, 3.8) is 0 Å². The Balaban J connectivity index is 2.97. The second-order valence-corrected chi connectivity index (χ2v) is 3.57. The number of hydrogen-bond donors (Lipinski definition) is 1. The first-order valence-electron chi connectivity index (χ1n) is 5.79. The lowest BCUT2D eigenvalue weighted by molar-refractivity contribution is -0.384. The van der Waals surface area contributed by atoms with E-state index in [9.17, 15) is 14.9 Å². The molecule has 7 heteroatoms. The number of ether oxygens (including phenoxy) is 2. The molecule has 1 aromatic carbocycles. The van der Waals surface area contributed by atoms with Gasteiger partial charge >= 0.3 is 11.7 Å². The monoisotopic (exact) mass is 268 g/mol. The molecular weight excluding hydrogens is 252 g/mol. The van der Waals surface area contributed by atoms with E-state index in [1.54, 1.807) is 6.07 Å². The molecule has 0 spiro atoms. The van der Waals surface area contributed by atoms with Gasteiger partial charge in [0.25, 0.3) is 0 Å². The van der Waals surface area contributed by atoms with Crippen molar-refractivity contribution in [3.8, 4) is 0 Å². The largest absolute Gasteiger partial charge is 0.465 e. The average molecular weight is 268 g/mol. The quantitative estimate of drug-likeness (QED) is 0.351. The van der Waals surface area contributed by atoms with Crippen molar-refractivity contribution < 1.29 is 19.2 Å². The van der Waals surface area contributed by atoms with Gasteiger partial charge in [-0.1, -0.05) is 6.07 Å². The number of rotatable bonds is 7. The first-order valence-corrected chi connectivity index (χ1v) is 5.79. The van der Waals surface area contributed by atoms with E-state index in [1.807, 2.05) is 6.92 Å². The van der Waals surface area contributed by atoms with Crippen molar-refractivity contribution in [2.45, 2.75) is 6.92 Å². The van der Waals surface area contributed by atoms with Crippen molar-refractivity contribution in [1.82, 2.24) is 0 Å². The van der Waals surface area contributed by atoms with Gasteiger partial charge in [-0.25, -0.2) is 4.79 Å². The van der Waals surface area contributed by atoms with E-state index in [-0.39, 0.29) is 16.9 Å². The van der Waals surface area contributed by atoms with E-state index in [4.69, 9.17) is 4.74 Å². The maximum atomic E-state index is 11.5. The molecule has 1 rings (SSSR count). The summed E-state index contributed by atoms with van der Waals surface area (Å²) in [6.45, 7) is 3.28. The molecular formula is C12H16N2O5. The van der Waals surface area contributed by atoms with Crippen LogP contribution in [0.2, 0.25) is 0 Å². The van der Waals surface area contributed by atoms with E-state index in [1.165, 1.54) is 19.2 Å². The number of nitro benzene ring substituents is 1. The molecule has 0 fully saturated rings. The maximum Gasteiger partial charge on any atom is 0.344 e. The third kappa shape index (κ3) is 3.92. The molecule has 0 aromatic heterocycles. The van der Waals surface area contributed by atoms with Crippen LogP contribution >= 0.6 is 0 Å². The lowest BCUT2D eigenvalue weighted by Crippen LogP contribution is -2.13. The first kappa shape index (κ1) is 14.9. The highest BCUT2D eigenvalue weighted by Crippen LogP contribution is 2.28. The standard InChI is InChI=1S/C12H16N2O5/c1-3-19-8-7-13-10-6-4-5-9(12(15)18-2)11(10)14(16)17/h4-6,13H,3,7-8H2,1-2H3. The van der Waals surface area contributed by atoms with E-state index in [0.29, 0.717) is 19.8 Å². The van der Waals surface area contributed by atoms with Gasteiger partial charge in [-0.2, -0.15) is 0 Å². The Morgan fingerprint density at radius 2 is 2.21 bits per heavy atom. The van der Waals surface area contributed by atoms with Crippen molar-refractivity contribution in [2.24, 2.45) is 0 Å². The number of anilines is 1. The topological polar surface area (TPSA) is 90.7 Å². The van der Waals surface area contributed by atoms with Crippen LogP contribution in [0.4, 0.5) is 11.4 Å². The van der Waals surface area contributed by atoms with Gasteiger partial charge in [0, 0.05) is 13.2 Å². The summed E-state index contributed by atoms with van der Waals surface area (Å²) in [5, 5.41) is 14.0. The predicted octanol–water partition coefficient (Wildman–Crippen LogP) is 1.83. The van der Waals surface area contributed by atoms with E-state index < -0.39 is 10.9 Å². The highest BCUT2D eigenvalue weighted by Gasteiger charge is 2.24. The van der Waals surface area contributed by atoms with Crippen LogP contribution in [0.3, 0.4) is 0 Å². The lowest BCUT2D eigenvalue weighted by atomic mass is 10.1. The average Bonchev–Trinajstić information content (AvgIpc) is 2.42. The van der Waals surface area contributed by atoms with Gasteiger partial charge in [-0.15, -0.1) is 0 Å². The lowest BCUT2D eigenvalue weighted by Gasteiger charge is -2.09. The fraction of sp³-hybridized carbons (Fsp3) is 0.417. The molecule has 0 unspecified atom stereocenters. The molecule has 0 aliphatic heterocycles. The number of nitrogens with one attached hydrogen (secondary N) is 1. The number of carbonyl (C=O) groups is 1. The van der Waals surface area contributed by atoms with Crippen LogP contribution in [0, 0.1) is 10.1 Å². The van der Waals surface area contributed by atoms with Crippen LogP contribution in [0.5, 0.6) is 0 Å². The van der Waals surface area contributed by atoms with Crippen molar-refractivity contribution in [3.05, 3.63) is 33.9 Å². The van der Waals surface area contributed by atoms with Gasteiger partial charge in [-0.05, 0) is 19.1 Å². The SMILES string of the molecule is CCOCCNc1cccc(C(=O)OC)c1[N+](=O)[O-]. The number of carbonyl (C=O) groups excluding carboxylic acids is 1. The van der Waals surface area contributed by atoms with Crippen molar-refractivity contribution in [1.29, 1.82) is 0 Å². The van der Waals surface area contributed by atoms with Gasteiger partial charge in [0.15, 0.2) is 0 Å². The molecule has 0 aliphatic carbocycles. The Kier molecular flexibility index (Phi) is 5.74. The minimum absolute atomic E-state index is 0.0751. The van der Waals surface area contributed by atoms with Crippen LogP contribution in [0.25, 0.3) is 0 Å². The van der Waals surface area contributed by atoms with Crippen LogP contribution in [0.15, 0.2) is 18.2 Å². The highest BCUT2D eigenvalue weighted by molar-refractivity contribution is 5.96. The summed E-state index contributed by atoms with van der Waals surface area (Å²) in [7, 11) is 1.18. The Morgan fingerprint density at radius 3 is 2.79 bits per heavy atom. The Labute approximate surface area is 110 Å². The van der Waals surface area contributed by atoms with E-state index >= 15 is 0 Å². The molecule has 0 atom stereocenters. The van der Waals surface area contributed by atoms with Crippen LogP contribution in [-0.2, 0) is 9.47 Å². The first-order chi connectivity index (χ1) is 9.11. The minimum atomic E-state index is -0.736. The summed E-state index contributed by atoms with van der Waals surface area (Å²) < 4.78 is 9.66. The zero-order valence-corrected chi connectivity index (χ0v) is 10.8. The summed E-state index contributed by atoms with van der Waals surface area (Å²) in [6, 6.07) is 4.45. The summed E-state index contributed by atoms with van der Waals surface area (Å²) in [4.78, 5) is 22.0. The number of methoxy groups -OCH3 is 1. The summed E-state index contributed by atoms with van der Waals surface area (Å²) >= 11 is 0. The fourth-order valence-corrected chi connectivity index (χ4v) is 1.56. The van der Waals surface area contributed by atoms with Gasteiger partial charge < -0.3 is 14.8 Å². The molecule has 19 heavy (non-hydrogen) atoms. The molecule has 104 valence electrons. The molecule has 0 saturated heterocycles. The number of nitro groups is 1. The second-order valence-electron chi connectivity index (χ2n) is 3.57. The fourth-order valence-electron chi connectivity index (χ4n) is 1.56. The maximum absolute atomic E-state index is 11.5. The van der Waals surface area contributed by atoms with Gasteiger partial charge in [0.1, 0.15) is 11.3 Å². The molecule has 0 bridgehead atoms. The van der Waals surface area contributed by atoms with Crippen molar-refractivity contribution in [2.75, 3.05) is 32.2 Å². The van der Waals surface area contributed by atoms with E-state index in [0.717, 1.165) is 0 Å². The van der Waals surface area contributed by atoms with Gasteiger partial charge in [0.05, 0.1) is 18.6 Å². The van der Waals surface area contributed by atoms with Gasteiger partial charge in [-0.3, -0.25) is 10.1 Å². The highest BCUT2D eigenvalue weighted by atomic mass is 16.6. The molecule has 0 aliphatic rings. The molecule has 1 N–H and O–H groups in total. The molecule has 0 saturated carbocycles. The number of esters is 1. The minimum Gasteiger partial charge on any atom is -0.465 e. The number of benzene rings is 1. The normalized spacial score (nSPS) is 10.0. The zero-order chi connectivity index (χ0) is 14.3. The number of nitrogens with zero attached hydrogens (tertiary/aromatic N) is 1. The van der Waals surface area contributed by atoms with Crippen LogP contribution < -0.4 is 5.32 Å². The van der Waals surface area contributed by atoms with Gasteiger partial charge in [0.2, 0.25) is 0 Å². The smallest absolute Gasteiger partial charge is 0.344 e. The summed E-state index contributed by atoms with van der Waals surface area (Å²) in [5.41, 5.74) is -0.0904. The third-order valence-corrected chi connectivity index (χ3v) is 2.39. The van der Waals surface area contributed by atoms with Crippen molar-refractivity contribution >= 4 is 17.3 Å². The predicted molar refractivity (Wildman–Crippen MR) is 69.4 cm³/mol. The zero-order valence-electron chi connectivity index (χ0n) is 10.8. The molecule has 0 heterocycles. The summed E-state index contributed by atoms with van der Waals surface area (Å²) in [6.07, 6.45) is 0. The molecule has 0 radical (unpaired) electrons. The Morgan fingerprint density at radius 1 is 1.47 bits per heavy atom. The Bertz CT molecular complexity index is 461. The Hall–Kier alpha value is -2.15. The van der Waals surface area contributed by atoms with Crippen LogP contribution in [-0.4, -0.2) is 37.8 Å². The second kappa shape index (κ2) is 7.32. The molecule has 1 aromatic rings. The molecule has 0 amide bonds. The number of para-hydroxylation sites is 1.